The first-order chi connectivity index (χ1) is 5.83. The molecule has 0 heteroatoms. The Kier molecular flexibility index (Phi) is 3.59. The van der Waals surface area contributed by atoms with Crippen LogP contribution in [0.5, 0.6) is 0 Å². The van der Waals surface area contributed by atoms with Crippen molar-refractivity contribution < 1.29 is 0 Å². The van der Waals surface area contributed by atoms with Crippen LogP contribution in [-0.4, -0.2) is 0 Å². The number of hydrogen-bond donors (Lipinski definition) is 0. The number of hydrogen-bond acceptors (Lipinski definition) is 0. The normalized spacial score (nSPS) is 13.5. The molecule has 0 heterocycles. The Morgan fingerprint density at radius 3 is 2.58 bits per heavy atom. The third kappa shape index (κ3) is 2.91. The minimum Gasteiger partial charge on any atom is -0.0914 e. The summed E-state index contributed by atoms with van der Waals surface area (Å²) in [5.74, 6) is 0.400. The quantitative estimate of drug-likeness (QED) is 0.594. The second-order valence-electron chi connectivity index (χ2n) is 2.98. The predicted molar refractivity (Wildman–Crippen MR) is 53.8 cm³/mol. The lowest BCUT2D eigenvalue weighted by Gasteiger charge is -2.04. The Morgan fingerprint density at radius 1 is 1.33 bits per heavy atom. The van der Waals surface area contributed by atoms with Crippen molar-refractivity contribution in [1.29, 1.82) is 0 Å². The predicted octanol–water partition coefficient (Wildman–Crippen LogP) is 3.26. The van der Waals surface area contributed by atoms with E-state index < -0.39 is 0 Å². The van der Waals surface area contributed by atoms with Crippen LogP contribution >= 0.6 is 0 Å². The smallest absolute Gasteiger partial charge is 0.0193 e. The summed E-state index contributed by atoms with van der Waals surface area (Å²) < 4.78 is 0. The highest BCUT2D eigenvalue weighted by molar-refractivity contribution is 5.16. The average Bonchev–Trinajstić information content (AvgIpc) is 2.06. The van der Waals surface area contributed by atoms with Crippen LogP contribution in [0.2, 0.25) is 0 Å². The molecule has 0 nitrogen and oxygen atoms in total. The molecule has 0 aliphatic rings. The maximum Gasteiger partial charge on any atom is -0.0193 e. The third-order valence-electron chi connectivity index (χ3n) is 1.81. The zero-order valence-corrected chi connectivity index (χ0v) is 7.53. The van der Waals surface area contributed by atoms with E-state index in [0.717, 1.165) is 6.42 Å². The van der Waals surface area contributed by atoms with Gasteiger partial charge in [-0.1, -0.05) is 42.5 Å². The molecule has 1 radical (unpaired) electrons. The van der Waals surface area contributed by atoms with Crippen LogP contribution in [0.4, 0.5) is 0 Å². The van der Waals surface area contributed by atoms with Gasteiger partial charge in [0.2, 0.25) is 0 Å². The number of benzene rings is 1. The van der Waals surface area contributed by atoms with Crippen LogP contribution in [0.25, 0.3) is 0 Å². The van der Waals surface area contributed by atoms with Gasteiger partial charge in [0.1, 0.15) is 0 Å². The molecule has 0 saturated carbocycles. The van der Waals surface area contributed by atoms with E-state index in [-0.39, 0.29) is 0 Å². The first-order valence-electron chi connectivity index (χ1n) is 4.32. The summed E-state index contributed by atoms with van der Waals surface area (Å²) in [6.07, 6.45) is 5.22. The van der Waals surface area contributed by atoms with Crippen LogP contribution < -0.4 is 0 Å². The molecule has 0 spiro atoms. The monoisotopic (exact) mass is 159 g/mol. The van der Waals surface area contributed by atoms with E-state index >= 15 is 0 Å². The molecule has 1 aromatic carbocycles. The Balaban J connectivity index is 2.52. The molecule has 1 rings (SSSR count). The molecule has 0 N–H and O–H groups in total. The van der Waals surface area contributed by atoms with Gasteiger partial charge in [0.05, 0.1) is 0 Å². The van der Waals surface area contributed by atoms with E-state index in [1.807, 2.05) is 13.0 Å². The van der Waals surface area contributed by atoms with Crippen molar-refractivity contribution in [3.63, 3.8) is 0 Å². The van der Waals surface area contributed by atoms with Gasteiger partial charge < -0.3 is 0 Å². The first kappa shape index (κ1) is 9.05. The van der Waals surface area contributed by atoms with Crippen molar-refractivity contribution in [3.05, 3.63) is 55.0 Å². The van der Waals surface area contributed by atoms with Crippen LogP contribution in [0.3, 0.4) is 0 Å². The molecular weight excluding hydrogens is 144 g/mol. The molecule has 1 aromatic rings. The summed E-state index contributed by atoms with van der Waals surface area (Å²) in [4.78, 5) is 0. The molecule has 1 unspecified atom stereocenters. The average molecular weight is 159 g/mol. The van der Waals surface area contributed by atoms with Gasteiger partial charge in [0.15, 0.2) is 0 Å². The van der Waals surface area contributed by atoms with Crippen LogP contribution in [0, 0.1) is 12.8 Å². The number of allylic oxidation sites excluding steroid dienone is 2. The van der Waals surface area contributed by atoms with Gasteiger partial charge >= 0.3 is 0 Å². The summed E-state index contributed by atoms with van der Waals surface area (Å²) in [5.41, 5.74) is 1.36. The fraction of sp³-hybridized carbons (Fsp3) is 0.250. The fourth-order valence-corrected chi connectivity index (χ4v) is 1.26. The van der Waals surface area contributed by atoms with E-state index in [9.17, 15) is 0 Å². The second-order valence-corrected chi connectivity index (χ2v) is 2.98. The fourth-order valence-electron chi connectivity index (χ4n) is 1.26. The summed E-state index contributed by atoms with van der Waals surface area (Å²) in [7, 11) is 0. The van der Waals surface area contributed by atoms with E-state index in [1.54, 1.807) is 0 Å². The van der Waals surface area contributed by atoms with E-state index in [1.165, 1.54) is 5.56 Å². The summed E-state index contributed by atoms with van der Waals surface area (Å²) in [6.45, 7) is 6.07. The third-order valence-corrected chi connectivity index (χ3v) is 1.81. The molecule has 0 aliphatic heterocycles. The lowest BCUT2D eigenvalue weighted by atomic mass is 10.0. The molecule has 0 bridgehead atoms. The van der Waals surface area contributed by atoms with Gasteiger partial charge in [-0.2, -0.15) is 0 Å². The highest BCUT2D eigenvalue weighted by Crippen LogP contribution is 2.08. The minimum atomic E-state index is 0.400. The molecule has 12 heavy (non-hydrogen) atoms. The maximum atomic E-state index is 4.04. The lowest BCUT2D eigenvalue weighted by Crippen LogP contribution is -1.95. The van der Waals surface area contributed by atoms with Crippen LogP contribution in [0.15, 0.2) is 42.5 Å². The topological polar surface area (TPSA) is 0 Å². The van der Waals surface area contributed by atoms with Crippen molar-refractivity contribution in [3.8, 4) is 0 Å². The van der Waals surface area contributed by atoms with Crippen molar-refractivity contribution in [2.75, 3.05) is 0 Å². The standard InChI is InChI=1S/C12H15/c1-3-7-11(2)10-12-8-5-4-6-9-12/h3-9,11H,2,10H2,1H3. The molecule has 0 aromatic heterocycles. The van der Waals surface area contributed by atoms with Crippen LogP contribution in [-0.2, 0) is 6.42 Å². The van der Waals surface area contributed by atoms with Crippen molar-refractivity contribution in [1.82, 2.24) is 0 Å². The first-order valence-corrected chi connectivity index (χ1v) is 4.32. The largest absolute Gasteiger partial charge is 0.0914 e. The zero-order valence-electron chi connectivity index (χ0n) is 7.53. The molecule has 0 aliphatic carbocycles. The molecule has 1 atom stereocenters. The molecule has 0 amide bonds. The highest BCUT2D eigenvalue weighted by atomic mass is 14.0. The van der Waals surface area contributed by atoms with E-state index in [0.29, 0.717) is 5.92 Å². The zero-order chi connectivity index (χ0) is 8.81. The molecule has 0 fully saturated rings. The van der Waals surface area contributed by atoms with Gasteiger partial charge in [-0.15, -0.1) is 0 Å². The minimum absolute atomic E-state index is 0.400. The molecular formula is C12H15. The van der Waals surface area contributed by atoms with Crippen molar-refractivity contribution in [2.24, 2.45) is 5.92 Å². The molecule has 0 saturated heterocycles. The van der Waals surface area contributed by atoms with Crippen LogP contribution in [0.1, 0.15) is 12.5 Å². The van der Waals surface area contributed by atoms with Gasteiger partial charge in [-0.05, 0) is 31.7 Å². The Hall–Kier alpha value is -1.04. The van der Waals surface area contributed by atoms with Gasteiger partial charge in [-0.25, -0.2) is 0 Å². The summed E-state index contributed by atoms with van der Waals surface area (Å²) >= 11 is 0. The summed E-state index contributed by atoms with van der Waals surface area (Å²) in [6, 6.07) is 10.5. The van der Waals surface area contributed by atoms with Gasteiger partial charge in [0.25, 0.3) is 0 Å². The van der Waals surface area contributed by atoms with Crippen molar-refractivity contribution >= 4 is 0 Å². The summed E-state index contributed by atoms with van der Waals surface area (Å²) in [5, 5.41) is 0. The van der Waals surface area contributed by atoms with E-state index in [4.69, 9.17) is 0 Å². The van der Waals surface area contributed by atoms with Gasteiger partial charge in [0, 0.05) is 0 Å². The Morgan fingerprint density at radius 2 is 2.00 bits per heavy atom. The van der Waals surface area contributed by atoms with E-state index in [2.05, 4.69) is 43.3 Å². The lowest BCUT2D eigenvalue weighted by molar-refractivity contribution is 0.799. The maximum absolute atomic E-state index is 4.04. The highest BCUT2D eigenvalue weighted by Gasteiger charge is 1.97. The SMILES string of the molecule is [CH2]C(C=CC)Cc1ccccc1. The Bertz CT molecular complexity index is 233. The Labute approximate surface area is 74.9 Å². The molecule has 63 valence electrons. The number of rotatable bonds is 3. The van der Waals surface area contributed by atoms with Gasteiger partial charge in [-0.3, -0.25) is 0 Å². The van der Waals surface area contributed by atoms with Crippen molar-refractivity contribution in [2.45, 2.75) is 13.3 Å². The second kappa shape index (κ2) is 4.76.